The summed E-state index contributed by atoms with van der Waals surface area (Å²) in [4.78, 5) is 6.85. The van der Waals surface area contributed by atoms with E-state index in [0.29, 0.717) is 0 Å². The Hall–Kier alpha value is -2.35. The third-order valence-corrected chi connectivity index (χ3v) is 3.40. The van der Waals surface area contributed by atoms with Crippen molar-refractivity contribution in [2.45, 2.75) is 6.92 Å². The number of benzene rings is 2. The second-order valence-corrected chi connectivity index (χ2v) is 4.71. The van der Waals surface area contributed by atoms with Crippen molar-refractivity contribution < 1.29 is 0 Å². The van der Waals surface area contributed by atoms with Crippen LogP contribution in [0.15, 0.2) is 60.7 Å². The monoisotopic (exact) mass is 248 g/mol. The molecule has 1 heterocycles. The Labute approximate surface area is 113 Å². The van der Waals surface area contributed by atoms with Crippen LogP contribution in [0.1, 0.15) is 5.56 Å². The van der Waals surface area contributed by atoms with E-state index in [1.807, 2.05) is 18.2 Å². The Balaban J connectivity index is 2.07. The summed E-state index contributed by atoms with van der Waals surface area (Å²) in [5, 5.41) is 1.17. The number of nitrogens with zero attached hydrogens (tertiary/aromatic N) is 2. The number of rotatable bonds is 2. The molecule has 0 aliphatic heterocycles. The van der Waals surface area contributed by atoms with E-state index >= 15 is 0 Å². The summed E-state index contributed by atoms with van der Waals surface area (Å²) < 4.78 is 0. The number of para-hydroxylation sites is 2. The van der Waals surface area contributed by atoms with E-state index in [0.717, 1.165) is 11.3 Å². The van der Waals surface area contributed by atoms with Gasteiger partial charge in [0.1, 0.15) is 5.82 Å². The van der Waals surface area contributed by atoms with Gasteiger partial charge < -0.3 is 4.90 Å². The van der Waals surface area contributed by atoms with E-state index in [1.165, 1.54) is 16.6 Å². The fourth-order valence-electron chi connectivity index (χ4n) is 2.31. The van der Waals surface area contributed by atoms with Crippen molar-refractivity contribution in [1.82, 2.24) is 4.98 Å². The van der Waals surface area contributed by atoms with E-state index < -0.39 is 0 Å². The van der Waals surface area contributed by atoms with Crippen LogP contribution < -0.4 is 4.90 Å². The average Bonchev–Trinajstić information content (AvgIpc) is 2.46. The zero-order chi connectivity index (χ0) is 13.2. The second-order valence-electron chi connectivity index (χ2n) is 4.71. The smallest absolute Gasteiger partial charge is 0.133 e. The Kier molecular flexibility index (Phi) is 2.92. The maximum absolute atomic E-state index is 4.72. The summed E-state index contributed by atoms with van der Waals surface area (Å²) in [7, 11) is 2.06. The van der Waals surface area contributed by atoms with Gasteiger partial charge in [0.25, 0.3) is 0 Å². The van der Waals surface area contributed by atoms with Gasteiger partial charge in [0.05, 0.1) is 5.52 Å². The molecule has 1 aromatic heterocycles. The number of aryl methyl sites for hydroxylation is 1. The molecule has 0 unspecified atom stereocenters. The predicted molar refractivity (Wildman–Crippen MR) is 81.0 cm³/mol. The summed E-state index contributed by atoms with van der Waals surface area (Å²) in [6, 6.07) is 20.7. The maximum atomic E-state index is 4.72. The molecule has 0 radical (unpaired) electrons. The molecule has 0 aliphatic carbocycles. The maximum Gasteiger partial charge on any atom is 0.133 e. The molecule has 0 atom stereocenters. The minimum absolute atomic E-state index is 0.966. The first-order valence-corrected chi connectivity index (χ1v) is 6.41. The molecule has 3 aromatic rings. The molecule has 0 amide bonds. The second kappa shape index (κ2) is 4.73. The highest BCUT2D eigenvalue weighted by atomic mass is 15.2. The number of anilines is 2. The molecule has 0 N–H and O–H groups in total. The minimum Gasteiger partial charge on any atom is -0.329 e. The highest BCUT2D eigenvalue weighted by Gasteiger charge is 2.07. The molecular weight excluding hydrogens is 232 g/mol. The van der Waals surface area contributed by atoms with Crippen molar-refractivity contribution in [3.8, 4) is 0 Å². The van der Waals surface area contributed by atoms with Gasteiger partial charge in [-0.05, 0) is 36.8 Å². The lowest BCUT2D eigenvalue weighted by molar-refractivity contribution is 1.13. The summed E-state index contributed by atoms with van der Waals surface area (Å²) in [5.41, 5.74) is 3.46. The lowest BCUT2D eigenvalue weighted by Crippen LogP contribution is -2.12. The molecule has 0 saturated carbocycles. The molecule has 94 valence electrons. The molecule has 0 aliphatic rings. The number of hydrogen-bond donors (Lipinski definition) is 0. The molecule has 2 nitrogen and oxygen atoms in total. The van der Waals surface area contributed by atoms with Crippen LogP contribution in [-0.2, 0) is 0 Å². The van der Waals surface area contributed by atoms with Crippen molar-refractivity contribution in [3.63, 3.8) is 0 Å². The zero-order valence-electron chi connectivity index (χ0n) is 11.2. The molecule has 3 rings (SSSR count). The fourth-order valence-corrected chi connectivity index (χ4v) is 2.31. The minimum atomic E-state index is 0.966. The van der Waals surface area contributed by atoms with Crippen LogP contribution in [0.3, 0.4) is 0 Å². The average molecular weight is 248 g/mol. The van der Waals surface area contributed by atoms with Crippen molar-refractivity contribution in [1.29, 1.82) is 0 Å². The number of pyridine rings is 1. The van der Waals surface area contributed by atoms with E-state index in [4.69, 9.17) is 4.98 Å². The lowest BCUT2D eigenvalue weighted by atomic mass is 10.2. The van der Waals surface area contributed by atoms with E-state index in [2.05, 4.69) is 61.3 Å². The van der Waals surface area contributed by atoms with Gasteiger partial charge in [-0.25, -0.2) is 4.98 Å². The van der Waals surface area contributed by atoms with Crippen LogP contribution >= 0.6 is 0 Å². The molecule has 2 aromatic carbocycles. The van der Waals surface area contributed by atoms with Crippen LogP contribution in [0.5, 0.6) is 0 Å². The highest BCUT2D eigenvalue weighted by Crippen LogP contribution is 2.26. The van der Waals surface area contributed by atoms with E-state index in [-0.39, 0.29) is 0 Å². The third-order valence-electron chi connectivity index (χ3n) is 3.40. The summed E-state index contributed by atoms with van der Waals surface area (Å²) in [6.07, 6.45) is 0. The molecule has 0 fully saturated rings. The fraction of sp³-hybridized carbons (Fsp3) is 0.118. The molecule has 2 heteroatoms. The normalized spacial score (nSPS) is 10.6. The number of aromatic nitrogens is 1. The van der Waals surface area contributed by atoms with Gasteiger partial charge >= 0.3 is 0 Å². The van der Waals surface area contributed by atoms with Crippen molar-refractivity contribution in [2.24, 2.45) is 0 Å². The SMILES string of the molecule is Cc1ccccc1N(C)c1ccc2ccccc2n1. The molecular formula is C17H16N2. The highest BCUT2D eigenvalue weighted by molar-refractivity contribution is 5.81. The van der Waals surface area contributed by atoms with Gasteiger partial charge in [-0.1, -0.05) is 36.4 Å². The van der Waals surface area contributed by atoms with Crippen LogP contribution in [-0.4, -0.2) is 12.0 Å². The van der Waals surface area contributed by atoms with Crippen molar-refractivity contribution >= 4 is 22.4 Å². The summed E-state index contributed by atoms with van der Waals surface area (Å²) in [6.45, 7) is 2.12. The standard InChI is InChI=1S/C17H16N2/c1-13-7-3-6-10-16(13)19(2)17-12-11-14-8-4-5-9-15(14)18-17/h3-12H,1-2H3. The molecule has 19 heavy (non-hydrogen) atoms. The Morgan fingerprint density at radius 1 is 0.842 bits per heavy atom. The van der Waals surface area contributed by atoms with Crippen LogP contribution in [0, 0.1) is 6.92 Å². The van der Waals surface area contributed by atoms with Gasteiger partial charge in [0.15, 0.2) is 0 Å². The Bertz CT molecular complexity index is 719. The molecule has 0 saturated heterocycles. The van der Waals surface area contributed by atoms with Gasteiger partial charge in [-0.15, -0.1) is 0 Å². The molecule has 0 spiro atoms. The zero-order valence-corrected chi connectivity index (χ0v) is 11.2. The van der Waals surface area contributed by atoms with Gasteiger partial charge in [0.2, 0.25) is 0 Å². The first kappa shape index (κ1) is 11.7. The van der Waals surface area contributed by atoms with Crippen molar-refractivity contribution in [3.05, 3.63) is 66.2 Å². The number of hydrogen-bond acceptors (Lipinski definition) is 2. The number of fused-ring (bicyclic) bond motifs is 1. The van der Waals surface area contributed by atoms with Crippen LogP contribution in [0.2, 0.25) is 0 Å². The molecule has 0 bridgehead atoms. The van der Waals surface area contributed by atoms with Crippen LogP contribution in [0.25, 0.3) is 10.9 Å². The quantitative estimate of drug-likeness (QED) is 0.671. The van der Waals surface area contributed by atoms with Crippen molar-refractivity contribution in [2.75, 3.05) is 11.9 Å². The predicted octanol–water partition coefficient (Wildman–Crippen LogP) is 4.31. The Morgan fingerprint density at radius 3 is 2.42 bits per heavy atom. The van der Waals surface area contributed by atoms with Gasteiger partial charge in [-0.2, -0.15) is 0 Å². The first-order valence-electron chi connectivity index (χ1n) is 6.41. The summed E-state index contributed by atoms with van der Waals surface area (Å²) in [5.74, 6) is 0.966. The Morgan fingerprint density at radius 2 is 1.58 bits per heavy atom. The van der Waals surface area contributed by atoms with Gasteiger partial charge in [0, 0.05) is 18.1 Å². The third kappa shape index (κ3) is 2.17. The first-order chi connectivity index (χ1) is 9.25. The lowest BCUT2D eigenvalue weighted by Gasteiger charge is -2.20. The van der Waals surface area contributed by atoms with Crippen LogP contribution in [0.4, 0.5) is 11.5 Å². The topological polar surface area (TPSA) is 16.1 Å². The van der Waals surface area contributed by atoms with E-state index in [1.54, 1.807) is 0 Å². The largest absolute Gasteiger partial charge is 0.329 e. The van der Waals surface area contributed by atoms with Gasteiger partial charge in [-0.3, -0.25) is 0 Å². The summed E-state index contributed by atoms with van der Waals surface area (Å²) >= 11 is 0. The van der Waals surface area contributed by atoms with E-state index in [9.17, 15) is 0 Å².